The average Bonchev–Trinajstić information content (AvgIpc) is 2.43. The zero-order chi connectivity index (χ0) is 15.2. The first-order valence-electron chi connectivity index (χ1n) is 6.27. The summed E-state index contributed by atoms with van der Waals surface area (Å²) in [6, 6.07) is 7.84. The van der Waals surface area contributed by atoms with E-state index in [-0.39, 0.29) is 24.3 Å². The summed E-state index contributed by atoms with van der Waals surface area (Å²) >= 11 is 0. The molecule has 0 aliphatic carbocycles. The van der Waals surface area contributed by atoms with Crippen LogP contribution in [0.25, 0.3) is 0 Å². The maximum absolute atomic E-state index is 12.0. The minimum atomic E-state index is -2.92. The molecule has 0 spiro atoms. The molecular weight excluding hydrogens is 280 g/mol. The van der Waals surface area contributed by atoms with Gasteiger partial charge in [-0.3, -0.25) is 9.57 Å². The third-order valence-electron chi connectivity index (χ3n) is 2.98. The second-order valence-corrected chi connectivity index (χ2v) is 7.11. The van der Waals surface area contributed by atoms with Gasteiger partial charge in [0.2, 0.25) is 0 Å². The number of nitrogens with two attached hydrogens (primary N) is 1. The van der Waals surface area contributed by atoms with Crippen molar-refractivity contribution in [2.75, 3.05) is 11.5 Å². The van der Waals surface area contributed by atoms with Crippen LogP contribution >= 0.6 is 0 Å². The molecule has 0 radical (unpaired) electrons. The lowest BCUT2D eigenvalue weighted by atomic mass is 10.1. The first-order chi connectivity index (χ1) is 9.32. The molecule has 0 aliphatic heterocycles. The van der Waals surface area contributed by atoms with Crippen molar-refractivity contribution in [3.63, 3.8) is 0 Å². The standard InChI is InChI=1S/C13H20N2O4S/c14-11(13(17)18)6-8-20(15,19)9-7-12(16)10-4-2-1-3-5-10/h1-5,11-12,15-16H,6-9,14H2,(H,17,18)/t11-,12-,20+/m0/s1. The Kier molecular flexibility index (Phi) is 6.12. The Morgan fingerprint density at radius 3 is 2.35 bits per heavy atom. The lowest BCUT2D eigenvalue weighted by molar-refractivity contribution is -0.138. The Morgan fingerprint density at radius 1 is 1.25 bits per heavy atom. The maximum Gasteiger partial charge on any atom is 0.320 e. The van der Waals surface area contributed by atoms with Crippen LogP contribution in [0.15, 0.2) is 30.3 Å². The largest absolute Gasteiger partial charge is 0.480 e. The topological polar surface area (TPSA) is 124 Å². The summed E-state index contributed by atoms with van der Waals surface area (Å²) in [4.78, 5) is 10.5. The Labute approximate surface area is 118 Å². The first kappa shape index (κ1) is 16.6. The number of hydrogen-bond donors (Lipinski definition) is 4. The smallest absolute Gasteiger partial charge is 0.320 e. The highest BCUT2D eigenvalue weighted by atomic mass is 32.2. The lowest BCUT2D eigenvalue weighted by Gasteiger charge is -2.13. The van der Waals surface area contributed by atoms with Crippen molar-refractivity contribution in [1.82, 2.24) is 0 Å². The van der Waals surface area contributed by atoms with Gasteiger partial charge in [0, 0.05) is 21.2 Å². The summed E-state index contributed by atoms with van der Waals surface area (Å²) in [7, 11) is -2.92. The Hall–Kier alpha value is -1.44. The van der Waals surface area contributed by atoms with Crippen molar-refractivity contribution in [1.29, 1.82) is 4.78 Å². The highest BCUT2D eigenvalue weighted by molar-refractivity contribution is 7.92. The number of nitrogens with one attached hydrogen (secondary N) is 1. The molecule has 20 heavy (non-hydrogen) atoms. The predicted molar refractivity (Wildman–Crippen MR) is 76.8 cm³/mol. The van der Waals surface area contributed by atoms with E-state index in [0.717, 1.165) is 0 Å². The van der Waals surface area contributed by atoms with E-state index >= 15 is 0 Å². The number of aliphatic carboxylic acids is 1. The molecule has 0 bridgehead atoms. The molecule has 1 rings (SSSR count). The van der Waals surface area contributed by atoms with Gasteiger partial charge >= 0.3 is 5.97 Å². The van der Waals surface area contributed by atoms with E-state index in [0.29, 0.717) is 5.56 Å². The monoisotopic (exact) mass is 300 g/mol. The van der Waals surface area contributed by atoms with Crippen molar-refractivity contribution in [2.45, 2.75) is 25.0 Å². The molecule has 112 valence electrons. The molecule has 0 amide bonds. The number of aliphatic hydroxyl groups excluding tert-OH is 1. The zero-order valence-electron chi connectivity index (χ0n) is 11.1. The van der Waals surface area contributed by atoms with E-state index in [4.69, 9.17) is 15.6 Å². The fourth-order valence-corrected chi connectivity index (χ4v) is 3.13. The van der Waals surface area contributed by atoms with Crippen LogP contribution in [-0.4, -0.2) is 37.9 Å². The number of carboxylic acid groups (broad SMARTS) is 1. The summed E-state index contributed by atoms with van der Waals surface area (Å²) in [6.45, 7) is 0. The number of aliphatic hydroxyl groups is 1. The highest BCUT2D eigenvalue weighted by Gasteiger charge is 2.17. The van der Waals surface area contributed by atoms with Crippen LogP contribution in [0.4, 0.5) is 0 Å². The van der Waals surface area contributed by atoms with Gasteiger partial charge in [0.15, 0.2) is 0 Å². The number of carbonyl (C=O) groups is 1. The molecule has 7 heteroatoms. The molecule has 0 fully saturated rings. The minimum Gasteiger partial charge on any atom is -0.480 e. The van der Waals surface area contributed by atoms with Crippen molar-refractivity contribution in [3.8, 4) is 0 Å². The zero-order valence-corrected chi connectivity index (χ0v) is 11.9. The van der Waals surface area contributed by atoms with E-state index in [2.05, 4.69) is 0 Å². The predicted octanol–water partition coefficient (Wildman–Crippen LogP) is 0.959. The summed E-state index contributed by atoms with van der Waals surface area (Å²) in [5, 5.41) is 18.5. The van der Waals surface area contributed by atoms with E-state index in [1.807, 2.05) is 6.07 Å². The summed E-state index contributed by atoms with van der Waals surface area (Å²) in [6.07, 6.45) is -0.566. The van der Waals surface area contributed by atoms with Crippen molar-refractivity contribution >= 4 is 15.7 Å². The normalized spacial score (nSPS) is 17.1. The van der Waals surface area contributed by atoms with Gasteiger partial charge in [-0.1, -0.05) is 30.3 Å². The quantitative estimate of drug-likeness (QED) is 0.569. The molecule has 1 aromatic carbocycles. The molecule has 0 saturated carbocycles. The molecule has 0 heterocycles. The van der Waals surface area contributed by atoms with Gasteiger partial charge < -0.3 is 15.9 Å². The molecule has 5 N–H and O–H groups in total. The fourth-order valence-electron chi connectivity index (χ4n) is 1.69. The van der Waals surface area contributed by atoms with Gasteiger partial charge in [0.05, 0.1) is 6.10 Å². The average molecular weight is 300 g/mol. The molecule has 1 aromatic rings. The Bertz CT molecular complexity index is 531. The second-order valence-electron chi connectivity index (χ2n) is 4.67. The van der Waals surface area contributed by atoms with Crippen LogP contribution in [0.2, 0.25) is 0 Å². The third kappa shape index (κ3) is 5.68. The molecule has 0 aromatic heterocycles. The van der Waals surface area contributed by atoms with Crippen molar-refractivity contribution < 1.29 is 19.2 Å². The number of carboxylic acids is 1. The first-order valence-corrected chi connectivity index (χ1v) is 8.17. The van der Waals surface area contributed by atoms with E-state index in [9.17, 15) is 14.1 Å². The van der Waals surface area contributed by atoms with Gasteiger partial charge in [0.1, 0.15) is 6.04 Å². The highest BCUT2D eigenvalue weighted by Crippen LogP contribution is 2.17. The van der Waals surface area contributed by atoms with Crippen LogP contribution in [0.5, 0.6) is 0 Å². The van der Waals surface area contributed by atoms with Crippen LogP contribution < -0.4 is 5.73 Å². The van der Waals surface area contributed by atoms with Crippen LogP contribution in [0.3, 0.4) is 0 Å². The molecule has 6 nitrogen and oxygen atoms in total. The van der Waals surface area contributed by atoms with Gasteiger partial charge in [-0.15, -0.1) is 0 Å². The fraction of sp³-hybridized carbons (Fsp3) is 0.462. The van der Waals surface area contributed by atoms with Crippen LogP contribution in [0, 0.1) is 4.78 Å². The Morgan fingerprint density at radius 2 is 1.80 bits per heavy atom. The number of rotatable bonds is 8. The van der Waals surface area contributed by atoms with Crippen LogP contribution in [-0.2, 0) is 14.5 Å². The second kappa shape index (κ2) is 7.37. The van der Waals surface area contributed by atoms with E-state index < -0.39 is 27.8 Å². The molecule has 0 saturated heterocycles. The Balaban J connectivity index is 2.45. The van der Waals surface area contributed by atoms with Gasteiger partial charge in [-0.05, 0) is 18.4 Å². The molecule has 3 atom stereocenters. The summed E-state index contributed by atoms with van der Waals surface area (Å²) < 4.78 is 19.6. The number of hydrogen-bond acceptors (Lipinski definition) is 5. The van der Waals surface area contributed by atoms with E-state index in [1.54, 1.807) is 24.3 Å². The maximum atomic E-state index is 12.0. The molecular formula is C13H20N2O4S. The summed E-state index contributed by atoms with van der Waals surface area (Å²) in [5.41, 5.74) is 6.03. The summed E-state index contributed by atoms with van der Waals surface area (Å²) in [5.74, 6) is -1.21. The molecule has 0 unspecified atom stereocenters. The van der Waals surface area contributed by atoms with Crippen molar-refractivity contribution in [2.24, 2.45) is 5.73 Å². The SMILES string of the molecule is N=[S@@](=O)(CC[C@H](N)C(=O)O)CC[C@H](O)c1ccccc1. The van der Waals surface area contributed by atoms with Gasteiger partial charge in [-0.25, -0.2) is 4.21 Å². The lowest BCUT2D eigenvalue weighted by Crippen LogP contribution is -2.32. The number of benzene rings is 1. The van der Waals surface area contributed by atoms with E-state index in [1.165, 1.54) is 0 Å². The van der Waals surface area contributed by atoms with Gasteiger partial charge in [0.25, 0.3) is 0 Å². The van der Waals surface area contributed by atoms with Crippen molar-refractivity contribution in [3.05, 3.63) is 35.9 Å². The van der Waals surface area contributed by atoms with Crippen LogP contribution in [0.1, 0.15) is 24.5 Å². The third-order valence-corrected chi connectivity index (χ3v) is 4.77. The minimum absolute atomic E-state index is 0.000894. The molecule has 0 aliphatic rings. The van der Waals surface area contributed by atoms with Gasteiger partial charge in [-0.2, -0.15) is 0 Å².